The molecule has 2 aromatic carbocycles. The molecule has 2 aromatic rings. The summed E-state index contributed by atoms with van der Waals surface area (Å²) in [5.74, 6) is -3.28. The second kappa shape index (κ2) is 8.87. The van der Waals surface area contributed by atoms with Crippen LogP contribution in [0.25, 0.3) is 0 Å². The van der Waals surface area contributed by atoms with E-state index in [-0.39, 0.29) is 12.3 Å². The monoisotopic (exact) mass is 423 g/mol. The number of piperazine rings is 1. The first-order chi connectivity index (χ1) is 13.8. The van der Waals surface area contributed by atoms with E-state index in [1.165, 1.54) is 4.31 Å². The molecule has 1 aliphatic heterocycles. The summed E-state index contributed by atoms with van der Waals surface area (Å²) in [6, 6.07) is 11.1. The molecule has 0 unspecified atom stereocenters. The topological polar surface area (TPSA) is 69.7 Å². The van der Waals surface area contributed by atoms with Gasteiger partial charge in [-0.2, -0.15) is 4.31 Å². The summed E-state index contributed by atoms with van der Waals surface area (Å²) in [6.45, 7) is 3.59. The Morgan fingerprint density at radius 1 is 1.03 bits per heavy atom. The number of hydrogen-bond acceptors (Lipinski definition) is 4. The summed E-state index contributed by atoms with van der Waals surface area (Å²) < 4.78 is 53.7. The van der Waals surface area contributed by atoms with Crippen LogP contribution >= 0.6 is 0 Å². The normalized spacial score (nSPS) is 15.3. The first kappa shape index (κ1) is 21.2. The number of halogens is 2. The molecule has 3 rings (SSSR count). The quantitative estimate of drug-likeness (QED) is 0.773. The molecule has 0 aliphatic carbocycles. The van der Waals surface area contributed by atoms with Gasteiger partial charge in [-0.05, 0) is 36.8 Å². The van der Waals surface area contributed by atoms with Gasteiger partial charge in [-0.15, -0.1) is 0 Å². The van der Waals surface area contributed by atoms with E-state index < -0.39 is 33.1 Å². The van der Waals surface area contributed by atoms with Crippen molar-refractivity contribution in [3.05, 3.63) is 65.2 Å². The highest BCUT2D eigenvalue weighted by atomic mass is 32.2. The second-order valence-corrected chi connectivity index (χ2v) is 8.98. The molecule has 0 atom stereocenters. The smallest absolute Gasteiger partial charge is 0.257 e. The van der Waals surface area contributed by atoms with Gasteiger partial charge in [-0.1, -0.05) is 18.2 Å². The molecule has 1 aliphatic rings. The molecule has 0 bridgehead atoms. The van der Waals surface area contributed by atoms with Crippen LogP contribution in [-0.2, 0) is 10.0 Å². The van der Waals surface area contributed by atoms with Crippen LogP contribution in [0.1, 0.15) is 15.9 Å². The van der Waals surface area contributed by atoms with Crippen LogP contribution in [0.5, 0.6) is 0 Å². The third-order valence-corrected chi connectivity index (χ3v) is 6.71. The van der Waals surface area contributed by atoms with Gasteiger partial charge in [0.1, 0.15) is 17.2 Å². The third kappa shape index (κ3) is 5.10. The van der Waals surface area contributed by atoms with Gasteiger partial charge >= 0.3 is 0 Å². The fourth-order valence-electron chi connectivity index (χ4n) is 3.27. The summed E-state index contributed by atoms with van der Waals surface area (Å²) in [5.41, 5.74) is 1.48. The number of hydrogen-bond donors (Lipinski definition) is 1. The minimum atomic E-state index is -3.59. The van der Waals surface area contributed by atoms with Crippen LogP contribution in [0.4, 0.5) is 14.5 Å². The highest BCUT2D eigenvalue weighted by Gasteiger charge is 2.27. The highest BCUT2D eigenvalue weighted by molar-refractivity contribution is 7.89. The van der Waals surface area contributed by atoms with Crippen molar-refractivity contribution in [1.29, 1.82) is 0 Å². The van der Waals surface area contributed by atoms with Crippen molar-refractivity contribution in [2.45, 2.75) is 6.92 Å². The number of amides is 1. The lowest BCUT2D eigenvalue weighted by atomic mass is 10.2. The number of nitrogens with zero attached hydrogens (tertiary/aromatic N) is 2. The average Bonchev–Trinajstić information content (AvgIpc) is 2.68. The standard InChI is InChI=1S/C20H23F2N3O3S/c1-15-4-2-5-16(14-15)24-9-11-25(12-10-24)29(27,28)13-8-23-20(26)19-17(21)6-3-7-18(19)22/h2-7,14H,8-13H2,1H3,(H,23,26). The lowest BCUT2D eigenvalue weighted by molar-refractivity contribution is 0.0947. The fourth-order valence-corrected chi connectivity index (χ4v) is 4.61. The Labute approximate surface area is 169 Å². The lowest BCUT2D eigenvalue weighted by Gasteiger charge is -2.35. The van der Waals surface area contributed by atoms with Crippen molar-refractivity contribution >= 4 is 21.6 Å². The van der Waals surface area contributed by atoms with Gasteiger partial charge in [-0.25, -0.2) is 17.2 Å². The minimum absolute atomic E-state index is 0.229. The van der Waals surface area contributed by atoms with E-state index in [2.05, 4.69) is 16.3 Å². The Balaban J connectivity index is 1.52. The Morgan fingerprint density at radius 3 is 2.28 bits per heavy atom. The second-order valence-electron chi connectivity index (χ2n) is 6.89. The van der Waals surface area contributed by atoms with E-state index in [9.17, 15) is 22.0 Å². The van der Waals surface area contributed by atoms with Crippen LogP contribution in [0, 0.1) is 18.6 Å². The van der Waals surface area contributed by atoms with Crippen molar-refractivity contribution in [3.63, 3.8) is 0 Å². The zero-order valence-electron chi connectivity index (χ0n) is 16.1. The average molecular weight is 423 g/mol. The van der Waals surface area contributed by atoms with Crippen molar-refractivity contribution in [3.8, 4) is 0 Å². The third-order valence-electron chi connectivity index (χ3n) is 4.83. The number of benzene rings is 2. The molecule has 1 saturated heterocycles. The zero-order chi connectivity index (χ0) is 21.0. The van der Waals surface area contributed by atoms with Crippen LogP contribution in [-0.4, -0.2) is 57.1 Å². The van der Waals surface area contributed by atoms with Crippen LogP contribution in [0.2, 0.25) is 0 Å². The van der Waals surface area contributed by atoms with Crippen LogP contribution in [0.15, 0.2) is 42.5 Å². The van der Waals surface area contributed by atoms with Crippen molar-refractivity contribution in [1.82, 2.24) is 9.62 Å². The molecule has 6 nitrogen and oxygen atoms in total. The first-order valence-corrected chi connectivity index (χ1v) is 10.9. The number of sulfonamides is 1. The van der Waals surface area contributed by atoms with Gasteiger partial charge in [0.15, 0.2) is 0 Å². The summed E-state index contributed by atoms with van der Waals surface area (Å²) in [7, 11) is -3.59. The summed E-state index contributed by atoms with van der Waals surface area (Å²) in [5, 5.41) is 2.28. The first-order valence-electron chi connectivity index (χ1n) is 9.29. The SMILES string of the molecule is Cc1cccc(N2CCN(S(=O)(=O)CCNC(=O)c3c(F)cccc3F)CC2)c1. The molecule has 1 fully saturated rings. The summed E-state index contributed by atoms with van der Waals surface area (Å²) in [4.78, 5) is 14.1. The number of nitrogens with one attached hydrogen (secondary N) is 1. The maximum absolute atomic E-state index is 13.6. The van der Waals surface area contributed by atoms with Crippen LogP contribution < -0.4 is 10.2 Å². The van der Waals surface area contributed by atoms with E-state index in [0.717, 1.165) is 29.4 Å². The molecule has 29 heavy (non-hydrogen) atoms. The van der Waals surface area contributed by atoms with Gasteiger partial charge in [0.2, 0.25) is 10.0 Å². The molecule has 156 valence electrons. The van der Waals surface area contributed by atoms with E-state index in [4.69, 9.17) is 0 Å². The number of aryl methyl sites for hydroxylation is 1. The molecule has 1 heterocycles. The summed E-state index contributed by atoms with van der Waals surface area (Å²) in [6.07, 6.45) is 0. The largest absolute Gasteiger partial charge is 0.369 e. The number of carbonyl (C=O) groups is 1. The van der Waals surface area contributed by atoms with Crippen molar-refractivity contribution < 1.29 is 22.0 Å². The number of anilines is 1. The Morgan fingerprint density at radius 2 is 1.66 bits per heavy atom. The number of rotatable bonds is 6. The maximum Gasteiger partial charge on any atom is 0.257 e. The molecule has 1 N–H and O–H groups in total. The van der Waals surface area contributed by atoms with E-state index in [0.29, 0.717) is 26.2 Å². The number of carbonyl (C=O) groups excluding carboxylic acids is 1. The molecule has 0 aromatic heterocycles. The van der Waals surface area contributed by atoms with Crippen molar-refractivity contribution in [2.24, 2.45) is 0 Å². The summed E-state index contributed by atoms with van der Waals surface area (Å²) >= 11 is 0. The molecule has 1 amide bonds. The zero-order valence-corrected chi connectivity index (χ0v) is 16.9. The Kier molecular flexibility index (Phi) is 6.49. The minimum Gasteiger partial charge on any atom is -0.369 e. The molecule has 9 heteroatoms. The fraction of sp³-hybridized carbons (Fsp3) is 0.350. The lowest BCUT2D eigenvalue weighted by Crippen LogP contribution is -2.50. The molecule has 0 spiro atoms. The maximum atomic E-state index is 13.6. The molecule has 0 saturated carbocycles. The predicted molar refractivity (Wildman–Crippen MR) is 107 cm³/mol. The Hall–Kier alpha value is -2.52. The molecular formula is C20H23F2N3O3S. The van der Waals surface area contributed by atoms with Gasteiger partial charge in [0.25, 0.3) is 5.91 Å². The van der Waals surface area contributed by atoms with Gasteiger partial charge < -0.3 is 10.2 Å². The van der Waals surface area contributed by atoms with Gasteiger partial charge in [-0.3, -0.25) is 4.79 Å². The van der Waals surface area contributed by atoms with Crippen molar-refractivity contribution in [2.75, 3.05) is 43.4 Å². The van der Waals surface area contributed by atoms with Gasteiger partial charge in [0, 0.05) is 38.4 Å². The Bertz CT molecular complexity index is 970. The van der Waals surface area contributed by atoms with E-state index in [1.807, 2.05) is 25.1 Å². The van der Waals surface area contributed by atoms with E-state index in [1.54, 1.807) is 0 Å². The molecule has 0 radical (unpaired) electrons. The van der Waals surface area contributed by atoms with E-state index >= 15 is 0 Å². The molecular weight excluding hydrogens is 400 g/mol. The van der Waals surface area contributed by atoms with Crippen LogP contribution in [0.3, 0.4) is 0 Å². The highest BCUT2D eigenvalue weighted by Crippen LogP contribution is 2.19. The predicted octanol–water partition coefficient (Wildman–Crippen LogP) is 2.16. The van der Waals surface area contributed by atoms with Gasteiger partial charge in [0.05, 0.1) is 5.75 Å².